The average molecular weight is 292 g/mol. The number of thioether (sulfide) groups is 1. The van der Waals surface area contributed by atoms with Crippen molar-refractivity contribution in [2.45, 2.75) is 69.2 Å². The highest BCUT2D eigenvalue weighted by atomic mass is 32.2. The Kier molecular flexibility index (Phi) is 6.95. The van der Waals surface area contributed by atoms with Crippen molar-refractivity contribution >= 4 is 11.8 Å². The summed E-state index contributed by atoms with van der Waals surface area (Å²) in [5, 5.41) is 3.82. The van der Waals surface area contributed by atoms with E-state index in [0.29, 0.717) is 12.0 Å². The Morgan fingerprint density at radius 1 is 1.15 bits per heavy atom. The zero-order valence-corrected chi connectivity index (χ0v) is 13.8. The van der Waals surface area contributed by atoms with Gasteiger partial charge in [0, 0.05) is 22.6 Å². The van der Waals surface area contributed by atoms with Crippen molar-refractivity contribution in [3.05, 3.63) is 29.8 Å². The molecule has 2 rings (SSSR count). The molecule has 1 heterocycles. The van der Waals surface area contributed by atoms with E-state index in [0.717, 1.165) is 6.54 Å². The molecule has 1 nitrogen and oxygen atoms in total. The van der Waals surface area contributed by atoms with E-state index in [1.54, 1.807) is 5.56 Å². The zero-order valence-electron chi connectivity index (χ0n) is 13.0. The molecule has 2 unspecified atom stereocenters. The highest BCUT2D eigenvalue weighted by Crippen LogP contribution is 2.41. The van der Waals surface area contributed by atoms with E-state index in [-0.39, 0.29) is 0 Å². The molecule has 0 saturated carbocycles. The van der Waals surface area contributed by atoms with E-state index in [4.69, 9.17) is 0 Å². The SMILES string of the molecule is CCCCCCC(NCCC)C1CSc2ccccc21. The van der Waals surface area contributed by atoms with Gasteiger partial charge in [0.1, 0.15) is 0 Å². The van der Waals surface area contributed by atoms with E-state index in [9.17, 15) is 0 Å². The van der Waals surface area contributed by atoms with Gasteiger partial charge in [-0.3, -0.25) is 0 Å². The average Bonchev–Trinajstić information content (AvgIpc) is 2.91. The molecule has 1 N–H and O–H groups in total. The first-order valence-electron chi connectivity index (χ1n) is 8.32. The van der Waals surface area contributed by atoms with Crippen LogP contribution in [0.25, 0.3) is 0 Å². The van der Waals surface area contributed by atoms with Gasteiger partial charge < -0.3 is 5.32 Å². The molecule has 0 amide bonds. The van der Waals surface area contributed by atoms with Crippen LogP contribution in [0, 0.1) is 0 Å². The molecule has 112 valence electrons. The first-order valence-corrected chi connectivity index (χ1v) is 9.30. The molecule has 0 radical (unpaired) electrons. The smallest absolute Gasteiger partial charge is 0.0144 e. The summed E-state index contributed by atoms with van der Waals surface area (Å²) in [6.45, 7) is 5.71. The fraction of sp³-hybridized carbons (Fsp3) is 0.667. The lowest BCUT2D eigenvalue weighted by molar-refractivity contribution is 0.411. The van der Waals surface area contributed by atoms with Crippen molar-refractivity contribution in [1.82, 2.24) is 5.32 Å². The second kappa shape index (κ2) is 8.74. The van der Waals surface area contributed by atoms with Crippen molar-refractivity contribution in [1.29, 1.82) is 0 Å². The van der Waals surface area contributed by atoms with Crippen LogP contribution in [0.5, 0.6) is 0 Å². The molecule has 20 heavy (non-hydrogen) atoms. The van der Waals surface area contributed by atoms with E-state index in [1.807, 2.05) is 11.8 Å². The van der Waals surface area contributed by atoms with Crippen molar-refractivity contribution in [2.75, 3.05) is 12.3 Å². The Morgan fingerprint density at radius 2 is 2.00 bits per heavy atom. The lowest BCUT2D eigenvalue weighted by atomic mass is 9.89. The van der Waals surface area contributed by atoms with Crippen LogP contribution in [-0.4, -0.2) is 18.3 Å². The van der Waals surface area contributed by atoms with Gasteiger partial charge in [-0.1, -0.05) is 57.7 Å². The van der Waals surface area contributed by atoms with Crippen LogP contribution in [0.1, 0.15) is 63.9 Å². The molecule has 2 atom stereocenters. The molecule has 0 saturated heterocycles. The molecule has 0 fully saturated rings. The molecular formula is C18H29NS. The third-order valence-electron chi connectivity index (χ3n) is 4.25. The standard InChI is InChI=1S/C18H29NS/c1-3-5-6-7-11-17(19-13-4-2)16-14-20-18-12-9-8-10-15(16)18/h8-10,12,16-17,19H,3-7,11,13-14H2,1-2H3. The summed E-state index contributed by atoms with van der Waals surface area (Å²) in [4.78, 5) is 1.51. The molecule has 1 aromatic carbocycles. The number of nitrogens with one attached hydrogen (secondary N) is 1. The molecule has 1 aliphatic heterocycles. The van der Waals surface area contributed by atoms with Crippen LogP contribution >= 0.6 is 11.8 Å². The number of rotatable bonds is 9. The van der Waals surface area contributed by atoms with Gasteiger partial charge in [0.25, 0.3) is 0 Å². The van der Waals surface area contributed by atoms with Crippen molar-refractivity contribution in [3.63, 3.8) is 0 Å². The molecule has 0 aromatic heterocycles. The maximum atomic E-state index is 3.82. The molecule has 2 heteroatoms. The highest BCUT2D eigenvalue weighted by Gasteiger charge is 2.29. The van der Waals surface area contributed by atoms with Gasteiger partial charge in [-0.05, 0) is 31.0 Å². The maximum Gasteiger partial charge on any atom is 0.0144 e. The van der Waals surface area contributed by atoms with E-state index in [1.165, 1.54) is 49.2 Å². The highest BCUT2D eigenvalue weighted by molar-refractivity contribution is 7.99. The van der Waals surface area contributed by atoms with E-state index in [2.05, 4.69) is 43.4 Å². The fourth-order valence-electron chi connectivity index (χ4n) is 3.09. The van der Waals surface area contributed by atoms with Crippen LogP contribution in [0.3, 0.4) is 0 Å². The predicted molar refractivity (Wildman–Crippen MR) is 90.7 cm³/mol. The summed E-state index contributed by atoms with van der Waals surface area (Å²) in [5.41, 5.74) is 1.58. The van der Waals surface area contributed by atoms with Crippen molar-refractivity contribution < 1.29 is 0 Å². The van der Waals surface area contributed by atoms with Crippen molar-refractivity contribution in [2.24, 2.45) is 0 Å². The topological polar surface area (TPSA) is 12.0 Å². The Morgan fingerprint density at radius 3 is 2.80 bits per heavy atom. The molecular weight excluding hydrogens is 262 g/mol. The Balaban J connectivity index is 1.96. The molecule has 1 aromatic rings. The number of hydrogen-bond donors (Lipinski definition) is 1. The largest absolute Gasteiger partial charge is 0.313 e. The Bertz CT molecular complexity index is 391. The normalized spacial score (nSPS) is 19.0. The minimum Gasteiger partial charge on any atom is -0.313 e. The lowest BCUT2D eigenvalue weighted by Gasteiger charge is -2.25. The molecule has 0 aliphatic carbocycles. The van der Waals surface area contributed by atoms with Crippen LogP contribution in [0.15, 0.2) is 29.2 Å². The van der Waals surface area contributed by atoms with Crippen molar-refractivity contribution in [3.8, 4) is 0 Å². The van der Waals surface area contributed by atoms with Gasteiger partial charge in [-0.25, -0.2) is 0 Å². The number of hydrogen-bond acceptors (Lipinski definition) is 2. The summed E-state index contributed by atoms with van der Waals surface area (Å²) in [6.07, 6.45) is 8.04. The fourth-order valence-corrected chi connectivity index (χ4v) is 4.42. The van der Waals surface area contributed by atoms with Crippen LogP contribution in [-0.2, 0) is 0 Å². The van der Waals surface area contributed by atoms with Gasteiger partial charge in [0.05, 0.1) is 0 Å². The zero-order chi connectivity index (χ0) is 14.2. The van der Waals surface area contributed by atoms with Gasteiger partial charge in [0.2, 0.25) is 0 Å². The quantitative estimate of drug-likeness (QED) is 0.626. The first kappa shape index (κ1) is 15.9. The first-order chi connectivity index (χ1) is 9.86. The minimum absolute atomic E-state index is 0.669. The summed E-state index contributed by atoms with van der Waals surface area (Å²) in [6, 6.07) is 9.67. The second-order valence-corrected chi connectivity index (χ2v) is 6.93. The van der Waals surface area contributed by atoms with E-state index >= 15 is 0 Å². The Hall–Kier alpha value is -0.470. The Labute approximate surface area is 128 Å². The third kappa shape index (κ3) is 4.26. The molecule has 1 aliphatic rings. The van der Waals surface area contributed by atoms with Gasteiger partial charge in [0.15, 0.2) is 0 Å². The lowest BCUT2D eigenvalue weighted by Crippen LogP contribution is -2.35. The number of fused-ring (bicyclic) bond motifs is 1. The van der Waals surface area contributed by atoms with Crippen LogP contribution < -0.4 is 5.32 Å². The summed E-state index contributed by atoms with van der Waals surface area (Å²) < 4.78 is 0. The number of benzene rings is 1. The van der Waals surface area contributed by atoms with Crippen LogP contribution in [0.2, 0.25) is 0 Å². The minimum atomic E-state index is 0.669. The number of unbranched alkanes of at least 4 members (excludes halogenated alkanes) is 3. The van der Waals surface area contributed by atoms with Crippen LogP contribution in [0.4, 0.5) is 0 Å². The third-order valence-corrected chi connectivity index (χ3v) is 5.46. The van der Waals surface area contributed by atoms with Gasteiger partial charge in [-0.15, -0.1) is 11.8 Å². The summed E-state index contributed by atoms with van der Waals surface area (Å²) in [5.74, 6) is 1.97. The monoisotopic (exact) mass is 291 g/mol. The second-order valence-electron chi connectivity index (χ2n) is 5.87. The maximum absolute atomic E-state index is 3.82. The predicted octanol–water partition coefficient (Wildman–Crippen LogP) is 5.21. The molecule has 0 bridgehead atoms. The summed E-state index contributed by atoms with van der Waals surface area (Å²) >= 11 is 2.04. The van der Waals surface area contributed by atoms with Gasteiger partial charge in [-0.2, -0.15) is 0 Å². The summed E-state index contributed by atoms with van der Waals surface area (Å²) in [7, 11) is 0. The molecule has 0 spiro atoms. The van der Waals surface area contributed by atoms with E-state index < -0.39 is 0 Å². The van der Waals surface area contributed by atoms with Gasteiger partial charge >= 0.3 is 0 Å².